The number of carboxylic acids is 1. The molecule has 35 heavy (non-hydrogen) atoms. The Hall–Kier alpha value is -3.35. The van der Waals surface area contributed by atoms with E-state index in [9.17, 15) is 19.5 Å². The zero-order valence-corrected chi connectivity index (χ0v) is 20.6. The summed E-state index contributed by atoms with van der Waals surface area (Å²) >= 11 is 0. The van der Waals surface area contributed by atoms with E-state index >= 15 is 0 Å². The Kier molecular flexibility index (Phi) is 7.43. The smallest absolute Gasteiger partial charge is 0.407 e. The fraction of sp³-hybridized carbons (Fsp3) is 0.464. The lowest BCUT2D eigenvalue weighted by molar-refractivity contribution is -0.147. The number of nitrogens with zero attached hydrogens (tertiary/aromatic N) is 1. The third kappa shape index (κ3) is 5.34. The topological polar surface area (TPSA) is 95.9 Å². The van der Waals surface area contributed by atoms with E-state index in [1.165, 1.54) is 0 Å². The average molecular weight is 479 g/mol. The largest absolute Gasteiger partial charge is 0.481 e. The third-order valence-electron chi connectivity index (χ3n) is 7.40. The molecule has 7 heteroatoms. The van der Waals surface area contributed by atoms with Gasteiger partial charge in [0.25, 0.3) is 0 Å². The summed E-state index contributed by atoms with van der Waals surface area (Å²) in [7, 11) is 0. The fourth-order valence-corrected chi connectivity index (χ4v) is 5.21. The van der Waals surface area contributed by atoms with Gasteiger partial charge in [0.05, 0.1) is 5.92 Å². The van der Waals surface area contributed by atoms with E-state index in [2.05, 4.69) is 29.6 Å². The summed E-state index contributed by atoms with van der Waals surface area (Å²) < 4.78 is 5.66. The second kappa shape index (κ2) is 10.5. The number of hydrogen-bond acceptors (Lipinski definition) is 4. The summed E-state index contributed by atoms with van der Waals surface area (Å²) in [6.07, 6.45) is 0.799. The van der Waals surface area contributed by atoms with Crippen molar-refractivity contribution in [2.24, 2.45) is 11.8 Å². The molecule has 1 saturated heterocycles. The van der Waals surface area contributed by atoms with E-state index in [1.54, 1.807) is 4.90 Å². The van der Waals surface area contributed by atoms with Crippen LogP contribution in [-0.2, 0) is 14.3 Å². The summed E-state index contributed by atoms with van der Waals surface area (Å²) in [5.41, 5.74) is 4.62. The van der Waals surface area contributed by atoms with Crippen molar-refractivity contribution in [3.05, 3.63) is 59.7 Å². The van der Waals surface area contributed by atoms with Gasteiger partial charge in [0, 0.05) is 31.0 Å². The molecule has 0 radical (unpaired) electrons. The molecule has 2 amide bonds. The van der Waals surface area contributed by atoms with Crippen LogP contribution in [0.3, 0.4) is 0 Å². The number of aliphatic carboxylic acids is 1. The molecule has 7 nitrogen and oxygen atoms in total. The first-order chi connectivity index (χ1) is 16.8. The number of ether oxygens (including phenoxy) is 1. The van der Waals surface area contributed by atoms with Gasteiger partial charge in [-0.3, -0.25) is 9.59 Å². The third-order valence-corrected chi connectivity index (χ3v) is 7.40. The maximum atomic E-state index is 13.1. The molecule has 2 aromatic carbocycles. The predicted molar refractivity (Wildman–Crippen MR) is 133 cm³/mol. The van der Waals surface area contributed by atoms with Crippen LogP contribution in [0.5, 0.6) is 0 Å². The molecule has 2 N–H and O–H groups in total. The van der Waals surface area contributed by atoms with Crippen LogP contribution in [0.15, 0.2) is 48.5 Å². The number of alkyl carbamates (subject to hydrolysis) is 1. The molecule has 2 aromatic rings. The lowest BCUT2D eigenvalue weighted by Gasteiger charge is -2.37. The number of piperidine rings is 1. The summed E-state index contributed by atoms with van der Waals surface area (Å²) in [5.74, 6) is -1.57. The molecule has 186 valence electrons. The highest BCUT2D eigenvalue weighted by molar-refractivity contribution is 5.80. The lowest BCUT2D eigenvalue weighted by Crippen LogP contribution is -2.50. The van der Waals surface area contributed by atoms with Gasteiger partial charge in [0.2, 0.25) is 5.91 Å². The van der Waals surface area contributed by atoms with Crippen molar-refractivity contribution < 1.29 is 24.2 Å². The lowest BCUT2D eigenvalue weighted by atomic mass is 9.92. The maximum Gasteiger partial charge on any atom is 0.407 e. The first-order valence-electron chi connectivity index (χ1n) is 12.4. The average Bonchev–Trinajstić information content (AvgIpc) is 3.16. The minimum atomic E-state index is -0.869. The van der Waals surface area contributed by atoms with Crippen molar-refractivity contribution >= 4 is 18.0 Å². The number of carbonyl (C=O) groups is 3. The second-order valence-corrected chi connectivity index (χ2v) is 10.0. The zero-order chi connectivity index (χ0) is 25.1. The number of carboxylic acid groups (broad SMARTS) is 1. The Bertz CT molecular complexity index is 1050. The molecule has 0 bridgehead atoms. The van der Waals surface area contributed by atoms with E-state index in [4.69, 9.17) is 4.74 Å². The monoisotopic (exact) mass is 478 g/mol. The van der Waals surface area contributed by atoms with Crippen LogP contribution in [-0.4, -0.2) is 53.2 Å². The van der Waals surface area contributed by atoms with Crippen LogP contribution >= 0.6 is 0 Å². The van der Waals surface area contributed by atoms with Gasteiger partial charge in [-0.2, -0.15) is 0 Å². The van der Waals surface area contributed by atoms with Crippen LogP contribution in [0.2, 0.25) is 0 Å². The van der Waals surface area contributed by atoms with E-state index in [0.29, 0.717) is 12.8 Å². The first-order valence-corrected chi connectivity index (χ1v) is 12.4. The Morgan fingerprint density at radius 3 is 2.20 bits per heavy atom. The number of fused-ring (bicyclic) bond motifs is 3. The van der Waals surface area contributed by atoms with Gasteiger partial charge in [-0.25, -0.2) is 4.79 Å². The number of rotatable bonds is 7. The number of hydrogen-bond donors (Lipinski definition) is 2. The van der Waals surface area contributed by atoms with Gasteiger partial charge in [0.1, 0.15) is 6.61 Å². The van der Waals surface area contributed by atoms with Gasteiger partial charge < -0.3 is 20.1 Å². The zero-order valence-electron chi connectivity index (χ0n) is 20.6. The van der Waals surface area contributed by atoms with E-state index in [-0.39, 0.29) is 43.4 Å². The Balaban J connectivity index is 1.37. The predicted octanol–water partition coefficient (Wildman–Crippen LogP) is 4.65. The van der Waals surface area contributed by atoms with Crippen molar-refractivity contribution in [1.82, 2.24) is 10.2 Å². The van der Waals surface area contributed by atoms with Crippen molar-refractivity contribution in [3.8, 4) is 11.1 Å². The molecule has 1 fully saturated rings. The van der Waals surface area contributed by atoms with E-state index < -0.39 is 24.0 Å². The van der Waals surface area contributed by atoms with E-state index in [0.717, 1.165) is 22.3 Å². The molecule has 3 atom stereocenters. The molecule has 0 saturated carbocycles. The number of likely N-dealkylation sites (tertiary alicyclic amines) is 1. The maximum absolute atomic E-state index is 13.1. The number of benzene rings is 2. The molecule has 1 heterocycles. The normalized spacial score (nSPS) is 20.2. The Morgan fingerprint density at radius 1 is 1.03 bits per heavy atom. The molecule has 1 aliphatic heterocycles. The van der Waals surface area contributed by atoms with Crippen LogP contribution in [0, 0.1) is 11.8 Å². The van der Waals surface area contributed by atoms with Crippen molar-refractivity contribution in [2.45, 2.75) is 58.0 Å². The van der Waals surface area contributed by atoms with Gasteiger partial charge >= 0.3 is 12.1 Å². The number of nitrogens with one attached hydrogen (secondary N) is 1. The second-order valence-electron chi connectivity index (χ2n) is 10.0. The van der Waals surface area contributed by atoms with Crippen LogP contribution in [0.25, 0.3) is 11.1 Å². The molecule has 2 aliphatic rings. The van der Waals surface area contributed by atoms with E-state index in [1.807, 2.05) is 45.0 Å². The Morgan fingerprint density at radius 2 is 1.63 bits per heavy atom. The summed E-state index contributed by atoms with van der Waals surface area (Å²) in [4.78, 5) is 38.9. The molecule has 4 rings (SSSR count). The SMILES string of the molecule is CC(C)[C@H](CC(=O)N1CC(C(=O)O)CCC1C)NC(=O)OCC1c2ccccc2-c2ccccc21. The highest BCUT2D eigenvalue weighted by Crippen LogP contribution is 2.44. The molecular weight excluding hydrogens is 444 g/mol. The van der Waals surface area contributed by atoms with Gasteiger partial charge in [-0.15, -0.1) is 0 Å². The quantitative estimate of drug-likeness (QED) is 0.604. The fourth-order valence-electron chi connectivity index (χ4n) is 5.21. The van der Waals surface area contributed by atoms with Crippen molar-refractivity contribution in [2.75, 3.05) is 13.2 Å². The highest BCUT2D eigenvalue weighted by Gasteiger charge is 2.34. The summed E-state index contributed by atoms with van der Waals surface area (Å²) in [5, 5.41) is 12.3. The molecule has 2 unspecified atom stereocenters. The molecule has 0 aromatic heterocycles. The minimum Gasteiger partial charge on any atom is -0.481 e. The molecule has 1 aliphatic carbocycles. The van der Waals surface area contributed by atoms with Gasteiger partial charge in [-0.1, -0.05) is 62.4 Å². The van der Waals surface area contributed by atoms with Gasteiger partial charge in [0.15, 0.2) is 0 Å². The number of carbonyl (C=O) groups excluding carboxylic acids is 2. The summed E-state index contributed by atoms with van der Waals surface area (Å²) in [6.45, 7) is 6.26. The Labute approximate surface area is 206 Å². The van der Waals surface area contributed by atoms with Crippen LogP contribution < -0.4 is 5.32 Å². The molecule has 0 spiro atoms. The van der Waals surface area contributed by atoms with Gasteiger partial charge in [-0.05, 0) is 47.9 Å². The van der Waals surface area contributed by atoms with Crippen LogP contribution in [0.1, 0.15) is 57.1 Å². The molecular formula is C28H34N2O5. The first kappa shape index (κ1) is 24.8. The number of amides is 2. The van der Waals surface area contributed by atoms with Crippen LogP contribution in [0.4, 0.5) is 4.79 Å². The van der Waals surface area contributed by atoms with Crippen molar-refractivity contribution in [3.63, 3.8) is 0 Å². The minimum absolute atomic E-state index is 0.00907. The van der Waals surface area contributed by atoms with Crippen molar-refractivity contribution in [1.29, 1.82) is 0 Å². The standard InChI is InChI=1S/C28H34N2O5/c1-17(2)25(14-26(31)30-15-19(27(32)33)13-12-18(30)3)29-28(34)35-16-24-22-10-6-4-8-20(22)21-9-5-7-11-23(21)24/h4-11,17-19,24-25H,12-16H2,1-3H3,(H,29,34)(H,32,33)/t18?,19?,25-/m0/s1. The summed E-state index contributed by atoms with van der Waals surface area (Å²) in [6, 6.07) is 15.9. The highest BCUT2D eigenvalue weighted by atomic mass is 16.5.